The number of ether oxygens (including phenoxy) is 1. The van der Waals surface area contributed by atoms with E-state index in [1.54, 1.807) is 13.3 Å². The van der Waals surface area contributed by atoms with Crippen molar-refractivity contribution < 1.29 is 9.53 Å². The maximum absolute atomic E-state index is 12.1. The van der Waals surface area contributed by atoms with Crippen LogP contribution in [0.4, 0.5) is 0 Å². The predicted octanol–water partition coefficient (Wildman–Crippen LogP) is 3.13. The van der Waals surface area contributed by atoms with Gasteiger partial charge < -0.3 is 10.1 Å². The molecule has 1 heterocycles. The van der Waals surface area contributed by atoms with Crippen LogP contribution in [0.5, 0.6) is 5.75 Å². The number of amides is 1. The summed E-state index contributed by atoms with van der Waals surface area (Å²) in [5, 5.41) is 3.55. The smallest absolute Gasteiger partial charge is 0.233 e. The van der Waals surface area contributed by atoms with E-state index in [9.17, 15) is 4.79 Å². The zero-order chi connectivity index (χ0) is 16.8. The Balaban J connectivity index is 2.06. The normalized spacial score (nSPS) is 12.2. The summed E-state index contributed by atoms with van der Waals surface area (Å²) in [7, 11) is 1.64. The number of methoxy groups -OCH3 is 1. The molecule has 0 aliphatic heterocycles. The summed E-state index contributed by atoms with van der Waals surface area (Å²) in [6.45, 7) is 6.74. The van der Waals surface area contributed by atoms with Gasteiger partial charge in [-0.2, -0.15) is 0 Å². The molecule has 1 N–H and O–H groups in total. The maximum atomic E-state index is 12.1. The molecule has 0 spiro atoms. The second-order valence-electron chi connectivity index (χ2n) is 5.68. The van der Waals surface area contributed by atoms with E-state index in [1.807, 2.05) is 42.0 Å². The van der Waals surface area contributed by atoms with E-state index >= 15 is 0 Å². The highest BCUT2D eigenvalue weighted by Crippen LogP contribution is 2.25. The first-order valence-corrected chi connectivity index (χ1v) is 8.51. The van der Waals surface area contributed by atoms with Crippen molar-refractivity contribution in [2.45, 2.75) is 31.2 Å². The van der Waals surface area contributed by atoms with Gasteiger partial charge in [-0.05, 0) is 37.1 Å². The number of carbonyl (C=O) groups excluding carboxylic acids is 1. The lowest BCUT2D eigenvalue weighted by atomic mass is 10.2. The van der Waals surface area contributed by atoms with Crippen LogP contribution in [0.15, 0.2) is 41.8 Å². The summed E-state index contributed by atoms with van der Waals surface area (Å²) in [4.78, 5) is 16.5. The lowest BCUT2D eigenvalue weighted by Gasteiger charge is -2.14. The standard InChI is InChI=1S/C17H23N3O2S/c1-12(2)11-19-16(21)13(3)23-17-18-9-10-20(17)14-5-7-15(22-4)8-6-14/h5-10,12-13H,11H2,1-4H3,(H,19,21)/t13-/m1/s1. The first kappa shape index (κ1) is 17.4. The van der Waals surface area contributed by atoms with Crippen LogP contribution < -0.4 is 10.1 Å². The lowest BCUT2D eigenvalue weighted by molar-refractivity contribution is -0.120. The summed E-state index contributed by atoms with van der Waals surface area (Å²) >= 11 is 1.45. The van der Waals surface area contributed by atoms with Crippen LogP contribution in [0.25, 0.3) is 5.69 Å². The van der Waals surface area contributed by atoms with Crippen molar-refractivity contribution in [3.8, 4) is 11.4 Å². The van der Waals surface area contributed by atoms with E-state index in [0.29, 0.717) is 12.5 Å². The second kappa shape index (κ2) is 8.06. The van der Waals surface area contributed by atoms with Crippen LogP contribution in [0, 0.1) is 5.92 Å². The van der Waals surface area contributed by atoms with Crippen molar-refractivity contribution in [2.75, 3.05) is 13.7 Å². The monoisotopic (exact) mass is 333 g/mol. The molecule has 2 aromatic rings. The van der Waals surface area contributed by atoms with E-state index in [-0.39, 0.29) is 11.2 Å². The lowest BCUT2D eigenvalue weighted by Crippen LogP contribution is -2.33. The van der Waals surface area contributed by atoms with Crippen LogP contribution in [0.3, 0.4) is 0 Å². The molecule has 0 aliphatic carbocycles. The summed E-state index contributed by atoms with van der Waals surface area (Å²) in [6, 6.07) is 7.74. The Morgan fingerprint density at radius 2 is 2.00 bits per heavy atom. The quantitative estimate of drug-likeness (QED) is 0.791. The molecule has 0 radical (unpaired) electrons. The van der Waals surface area contributed by atoms with Gasteiger partial charge in [-0.25, -0.2) is 4.98 Å². The van der Waals surface area contributed by atoms with Crippen LogP contribution in [0.2, 0.25) is 0 Å². The predicted molar refractivity (Wildman–Crippen MR) is 93.3 cm³/mol. The number of benzene rings is 1. The van der Waals surface area contributed by atoms with Crippen molar-refractivity contribution in [3.63, 3.8) is 0 Å². The van der Waals surface area contributed by atoms with E-state index in [1.165, 1.54) is 11.8 Å². The zero-order valence-corrected chi connectivity index (χ0v) is 14.8. The van der Waals surface area contributed by atoms with Crippen molar-refractivity contribution in [3.05, 3.63) is 36.7 Å². The molecule has 0 saturated carbocycles. The Morgan fingerprint density at radius 3 is 2.61 bits per heavy atom. The molecule has 5 nitrogen and oxygen atoms in total. The molecule has 124 valence electrons. The number of nitrogens with one attached hydrogen (secondary N) is 1. The van der Waals surface area contributed by atoms with Gasteiger partial charge in [-0.1, -0.05) is 25.6 Å². The highest BCUT2D eigenvalue weighted by Gasteiger charge is 2.17. The van der Waals surface area contributed by atoms with Gasteiger partial charge in [0.15, 0.2) is 5.16 Å². The number of rotatable bonds is 7. The molecular formula is C17H23N3O2S. The van der Waals surface area contributed by atoms with Crippen LogP contribution in [-0.2, 0) is 4.79 Å². The minimum atomic E-state index is -0.201. The first-order valence-electron chi connectivity index (χ1n) is 7.63. The second-order valence-corrected chi connectivity index (χ2v) is 6.98. The largest absolute Gasteiger partial charge is 0.497 e. The maximum Gasteiger partial charge on any atom is 0.233 e. The van der Waals surface area contributed by atoms with Crippen molar-refractivity contribution in [1.82, 2.24) is 14.9 Å². The average Bonchev–Trinajstić information content (AvgIpc) is 3.00. The summed E-state index contributed by atoms with van der Waals surface area (Å²) < 4.78 is 7.14. The van der Waals surface area contributed by atoms with Crippen molar-refractivity contribution in [1.29, 1.82) is 0 Å². The van der Waals surface area contributed by atoms with E-state index in [0.717, 1.165) is 16.6 Å². The number of aromatic nitrogens is 2. The van der Waals surface area contributed by atoms with Gasteiger partial charge in [0.2, 0.25) is 5.91 Å². The molecule has 1 amide bonds. The minimum Gasteiger partial charge on any atom is -0.497 e. The van der Waals surface area contributed by atoms with Crippen molar-refractivity contribution >= 4 is 17.7 Å². The molecule has 6 heteroatoms. The van der Waals surface area contributed by atoms with Gasteiger partial charge in [0, 0.05) is 24.6 Å². The van der Waals surface area contributed by atoms with Crippen LogP contribution in [-0.4, -0.2) is 34.4 Å². The number of nitrogens with zero attached hydrogens (tertiary/aromatic N) is 2. The number of hydrogen-bond donors (Lipinski definition) is 1. The van der Waals surface area contributed by atoms with Crippen molar-refractivity contribution in [2.24, 2.45) is 5.92 Å². The molecule has 1 aromatic heterocycles. The van der Waals surface area contributed by atoms with Gasteiger partial charge in [0.25, 0.3) is 0 Å². The average molecular weight is 333 g/mol. The number of hydrogen-bond acceptors (Lipinski definition) is 4. The van der Waals surface area contributed by atoms with Crippen LogP contribution in [0.1, 0.15) is 20.8 Å². The Morgan fingerprint density at radius 1 is 1.30 bits per heavy atom. The van der Waals surface area contributed by atoms with Gasteiger partial charge in [-0.3, -0.25) is 9.36 Å². The first-order chi connectivity index (χ1) is 11.0. The van der Waals surface area contributed by atoms with Gasteiger partial charge in [0.05, 0.1) is 12.4 Å². The van der Waals surface area contributed by atoms with Gasteiger partial charge >= 0.3 is 0 Å². The third kappa shape index (κ3) is 4.76. The summed E-state index contributed by atoms with van der Waals surface area (Å²) in [5.74, 6) is 1.29. The van der Waals surface area contributed by atoms with E-state index in [2.05, 4.69) is 24.1 Å². The fourth-order valence-electron chi connectivity index (χ4n) is 1.98. The number of carbonyl (C=O) groups is 1. The molecule has 23 heavy (non-hydrogen) atoms. The highest BCUT2D eigenvalue weighted by atomic mass is 32.2. The SMILES string of the molecule is COc1ccc(-n2ccnc2S[C@H](C)C(=O)NCC(C)C)cc1. The van der Waals surface area contributed by atoms with E-state index < -0.39 is 0 Å². The Hall–Kier alpha value is -1.95. The molecule has 1 atom stereocenters. The molecule has 0 bridgehead atoms. The molecule has 0 fully saturated rings. The fraction of sp³-hybridized carbons (Fsp3) is 0.412. The Bertz CT molecular complexity index is 638. The number of imidazole rings is 1. The van der Waals surface area contributed by atoms with Gasteiger partial charge in [0.1, 0.15) is 5.75 Å². The third-order valence-corrected chi connectivity index (χ3v) is 4.37. The summed E-state index contributed by atoms with van der Waals surface area (Å²) in [5.41, 5.74) is 0.987. The molecule has 0 saturated heterocycles. The topological polar surface area (TPSA) is 56.2 Å². The van der Waals surface area contributed by atoms with Crippen LogP contribution >= 0.6 is 11.8 Å². The molecule has 1 aromatic carbocycles. The summed E-state index contributed by atoms with van der Waals surface area (Å²) in [6.07, 6.45) is 3.63. The zero-order valence-electron chi connectivity index (χ0n) is 13.9. The highest BCUT2D eigenvalue weighted by molar-refractivity contribution is 8.00. The molecule has 2 rings (SSSR count). The van der Waals surface area contributed by atoms with Gasteiger partial charge in [-0.15, -0.1) is 0 Å². The van der Waals surface area contributed by atoms with E-state index in [4.69, 9.17) is 4.74 Å². The molecule has 0 unspecified atom stereocenters. The Labute approximate surface area is 141 Å². The minimum absolute atomic E-state index is 0.0352. The number of thioether (sulfide) groups is 1. The Kier molecular flexibility index (Phi) is 6.10. The third-order valence-electron chi connectivity index (χ3n) is 3.29. The molecule has 0 aliphatic rings. The molecular weight excluding hydrogens is 310 g/mol. The fourth-order valence-corrected chi connectivity index (χ4v) is 2.88.